The number of amides is 1. The molecule has 0 aliphatic heterocycles. The zero-order valence-corrected chi connectivity index (χ0v) is 12.4. The van der Waals surface area contributed by atoms with Gasteiger partial charge in [0.1, 0.15) is 5.69 Å². The van der Waals surface area contributed by atoms with Gasteiger partial charge in [0, 0.05) is 12.7 Å². The van der Waals surface area contributed by atoms with Gasteiger partial charge in [0.05, 0.1) is 5.56 Å². The van der Waals surface area contributed by atoms with E-state index in [1.165, 1.54) is 18.3 Å². The van der Waals surface area contributed by atoms with Gasteiger partial charge in [-0.2, -0.15) is 0 Å². The highest BCUT2D eigenvalue weighted by Crippen LogP contribution is 2.19. The Balaban J connectivity index is 2.64. The van der Waals surface area contributed by atoms with E-state index < -0.39 is 5.97 Å². The zero-order valence-electron chi connectivity index (χ0n) is 12.4. The van der Waals surface area contributed by atoms with Crippen molar-refractivity contribution in [2.24, 2.45) is 17.8 Å². The van der Waals surface area contributed by atoms with E-state index in [9.17, 15) is 9.59 Å². The molecule has 0 radical (unpaired) electrons. The van der Waals surface area contributed by atoms with Crippen molar-refractivity contribution in [2.75, 3.05) is 6.54 Å². The van der Waals surface area contributed by atoms with Crippen molar-refractivity contribution in [2.45, 2.75) is 27.7 Å². The number of carbonyl (C=O) groups excluding carboxylic acids is 1. The average Bonchev–Trinajstić information content (AvgIpc) is 2.38. The number of carboxylic acids is 1. The van der Waals surface area contributed by atoms with E-state index in [0.717, 1.165) is 0 Å². The molecule has 5 heteroatoms. The van der Waals surface area contributed by atoms with E-state index in [4.69, 9.17) is 5.11 Å². The van der Waals surface area contributed by atoms with Crippen molar-refractivity contribution in [3.63, 3.8) is 0 Å². The van der Waals surface area contributed by atoms with E-state index in [0.29, 0.717) is 29.9 Å². The minimum atomic E-state index is -1.10. The van der Waals surface area contributed by atoms with Crippen molar-refractivity contribution < 1.29 is 14.7 Å². The monoisotopic (exact) mass is 278 g/mol. The number of carbonyl (C=O) groups is 2. The Bertz CT molecular complexity index is 459. The lowest BCUT2D eigenvalue weighted by Crippen LogP contribution is -2.34. The van der Waals surface area contributed by atoms with Crippen molar-refractivity contribution >= 4 is 11.9 Å². The third-order valence-corrected chi connectivity index (χ3v) is 3.46. The molecule has 0 fully saturated rings. The molecule has 1 amide bonds. The SMILES string of the molecule is CC(C)C(CNC(=O)c1ccc(C(=O)O)nc1)C(C)C. The number of hydrogen-bond donors (Lipinski definition) is 2. The lowest BCUT2D eigenvalue weighted by Gasteiger charge is -2.25. The fourth-order valence-corrected chi connectivity index (χ4v) is 2.21. The highest BCUT2D eigenvalue weighted by molar-refractivity contribution is 5.94. The number of aromatic nitrogens is 1. The third-order valence-electron chi connectivity index (χ3n) is 3.46. The molecule has 0 saturated heterocycles. The van der Waals surface area contributed by atoms with Gasteiger partial charge in [0.25, 0.3) is 5.91 Å². The van der Waals surface area contributed by atoms with Crippen LogP contribution in [0.15, 0.2) is 18.3 Å². The summed E-state index contributed by atoms with van der Waals surface area (Å²) in [6, 6.07) is 2.81. The molecule has 0 aliphatic carbocycles. The van der Waals surface area contributed by atoms with Gasteiger partial charge in [-0.05, 0) is 29.9 Å². The Hall–Kier alpha value is -1.91. The molecule has 1 heterocycles. The molecular formula is C15H22N2O3. The summed E-state index contributed by atoms with van der Waals surface area (Å²) >= 11 is 0. The summed E-state index contributed by atoms with van der Waals surface area (Å²) in [7, 11) is 0. The van der Waals surface area contributed by atoms with E-state index in [-0.39, 0.29) is 11.6 Å². The first-order chi connectivity index (χ1) is 9.32. The van der Waals surface area contributed by atoms with Crippen molar-refractivity contribution in [3.8, 4) is 0 Å². The molecule has 1 aromatic rings. The average molecular weight is 278 g/mol. The summed E-state index contributed by atoms with van der Waals surface area (Å²) in [5.41, 5.74) is 0.310. The molecule has 5 nitrogen and oxygen atoms in total. The molecule has 1 rings (SSSR count). The maximum absolute atomic E-state index is 12.0. The highest BCUT2D eigenvalue weighted by Gasteiger charge is 2.18. The Labute approximate surface area is 119 Å². The maximum atomic E-state index is 12.0. The number of aromatic carboxylic acids is 1. The predicted octanol–water partition coefficient (Wildman–Crippen LogP) is 2.44. The normalized spacial score (nSPS) is 11.2. The molecule has 0 aliphatic rings. The van der Waals surface area contributed by atoms with Crippen LogP contribution in [-0.4, -0.2) is 28.5 Å². The first-order valence-corrected chi connectivity index (χ1v) is 6.80. The smallest absolute Gasteiger partial charge is 0.354 e. The van der Waals surface area contributed by atoms with Crippen LogP contribution in [-0.2, 0) is 0 Å². The summed E-state index contributed by atoms with van der Waals surface area (Å²) in [6.07, 6.45) is 1.29. The Kier molecular flexibility index (Phi) is 5.67. The van der Waals surface area contributed by atoms with Crippen molar-refractivity contribution in [1.82, 2.24) is 10.3 Å². The molecule has 1 aromatic heterocycles. The fraction of sp³-hybridized carbons (Fsp3) is 0.533. The van der Waals surface area contributed by atoms with E-state index in [1.807, 2.05) is 0 Å². The predicted molar refractivity (Wildman–Crippen MR) is 76.7 cm³/mol. The van der Waals surface area contributed by atoms with Gasteiger partial charge in [0.15, 0.2) is 0 Å². The van der Waals surface area contributed by atoms with Gasteiger partial charge in [-0.1, -0.05) is 27.7 Å². The Morgan fingerprint density at radius 1 is 1.20 bits per heavy atom. The van der Waals surface area contributed by atoms with Crippen LogP contribution in [0.5, 0.6) is 0 Å². The van der Waals surface area contributed by atoms with Crippen LogP contribution in [0, 0.1) is 17.8 Å². The van der Waals surface area contributed by atoms with Crippen LogP contribution in [0.3, 0.4) is 0 Å². The highest BCUT2D eigenvalue weighted by atomic mass is 16.4. The molecule has 2 N–H and O–H groups in total. The molecular weight excluding hydrogens is 256 g/mol. The molecule has 0 saturated carbocycles. The number of pyridine rings is 1. The number of hydrogen-bond acceptors (Lipinski definition) is 3. The van der Waals surface area contributed by atoms with Gasteiger partial charge in [-0.3, -0.25) is 4.79 Å². The second-order valence-electron chi connectivity index (χ2n) is 5.60. The van der Waals surface area contributed by atoms with Crippen molar-refractivity contribution in [3.05, 3.63) is 29.6 Å². The molecule has 0 bridgehead atoms. The minimum absolute atomic E-state index is 0.0659. The Morgan fingerprint density at radius 2 is 1.80 bits per heavy atom. The summed E-state index contributed by atoms with van der Waals surface area (Å²) in [5, 5.41) is 11.6. The van der Waals surface area contributed by atoms with Gasteiger partial charge < -0.3 is 10.4 Å². The molecule has 0 unspecified atom stereocenters. The van der Waals surface area contributed by atoms with Crippen LogP contribution >= 0.6 is 0 Å². The number of carboxylic acid groups (broad SMARTS) is 1. The zero-order chi connectivity index (χ0) is 15.3. The second kappa shape index (κ2) is 7.03. The largest absolute Gasteiger partial charge is 0.477 e. The van der Waals surface area contributed by atoms with Crippen LogP contribution in [0.25, 0.3) is 0 Å². The minimum Gasteiger partial charge on any atom is -0.477 e. The van der Waals surface area contributed by atoms with Crippen LogP contribution in [0.2, 0.25) is 0 Å². The maximum Gasteiger partial charge on any atom is 0.354 e. The van der Waals surface area contributed by atoms with E-state index in [1.54, 1.807) is 0 Å². The third kappa shape index (κ3) is 4.33. The quantitative estimate of drug-likeness (QED) is 0.837. The van der Waals surface area contributed by atoms with E-state index in [2.05, 4.69) is 38.0 Å². The number of nitrogens with zero attached hydrogens (tertiary/aromatic N) is 1. The number of nitrogens with one attached hydrogen (secondary N) is 1. The van der Waals surface area contributed by atoms with Crippen LogP contribution < -0.4 is 5.32 Å². The van der Waals surface area contributed by atoms with Crippen molar-refractivity contribution in [1.29, 1.82) is 0 Å². The molecule has 0 aromatic carbocycles. The number of rotatable bonds is 6. The molecule has 110 valence electrons. The summed E-state index contributed by atoms with van der Waals surface area (Å²) in [5.74, 6) is 0.0631. The molecule has 0 atom stereocenters. The topological polar surface area (TPSA) is 79.3 Å². The van der Waals surface area contributed by atoms with Gasteiger partial charge in [0.2, 0.25) is 0 Å². The first kappa shape index (κ1) is 16.1. The first-order valence-electron chi connectivity index (χ1n) is 6.80. The lowest BCUT2D eigenvalue weighted by molar-refractivity contribution is 0.0689. The van der Waals surface area contributed by atoms with Crippen LogP contribution in [0.1, 0.15) is 48.5 Å². The Morgan fingerprint density at radius 3 is 2.20 bits per heavy atom. The second-order valence-corrected chi connectivity index (χ2v) is 5.60. The van der Waals surface area contributed by atoms with E-state index >= 15 is 0 Å². The summed E-state index contributed by atoms with van der Waals surface area (Å²) < 4.78 is 0. The van der Waals surface area contributed by atoms with Gasteiger partial charge >= 0.3 is 5.97 Å². The molecule has 0 spiro atoms. The van der Waals surface area contributed by atoms with Gasteiger partial charge in [-0.25, -0.2) is 9.78 Å². The standard InChI is InChI=1S/C15H22N2O3/c1-9(2)12(10(3)4)8-17-14(18)11-5-6-13(15(19)20)16-7-11/h5-7,9-10,12H,8H2,1-4H3,(H,17,18)(H,19,20). The summed E-state index contributed by atoms with van der Waals surface area (Å²) in [4.78, 5) is 26.4. The molecule has 20 heavy (non-hydrogen) atoms. The fourth-order valence-electron chi connectivity index (χ4n) is 2.21. The van der Waals surface area contributed by atoms with Crippen LogP contribution in [0.4, 0.5) is 0 Å². The summed E-state index contributed by atoms with van der Waals surface area (Å²) in [6.45, 7) is 9.16. The lowest BCUT2D eigenvalue weighted by atomic mass is 9.85. The van der Waals surface area contributed by atoms with Gasteiger partial charge in [-0.15, -0.1) is 0 Å².